The molecule has 0 heterocycles. The topological polar surface area (TPSA) is 20.2 Å². The average Bonchev–Trinajstić information content (AvgIpc) is 2.39. The van der Waals surface area contributed by atoms with E-state index in [1.54, 1.807) is 0 Å². The number of hydrogen-bond donors (Lipinski definition) is 1. The van der Waals surface area contributed by atoms with Crippen LogP contribution in [0.5, 0.6) is 0 Å². The summed E-state index contributed by atoms with van der Waals surface area (Å²) in [6.07, 6.45) is 5.44. The number of aliphatic hydroxyl groups excluding tert-OH is 1. The van der Waals surface area contributed by atoms with Crippen LogP contribution in [0.2, 0.25) is 0 Å². The van der Waals surface area contributed by atoms with E-state index in [4.69, 9.17) is 0 Å². The normalized spacial score (nSPS) is 45.7. The van der Waals surface area contributed by atoms with Crippen molar-refractivity contribution in [3.63, 3.8) is 0 Å². The molecule has 1 saturated carbocycles. The van der Waals surface area contributed by atoms with Gasteiger partial charge in [-0.05, 0) is 23.7 Å². The van der Waals surface area contributed by atoms with E-state index in [1.807, 2.05) is 0 Å². The highest BCUT2D eigenvalue weighted by Gasteiger charge is 2.48. The Morgan fingerprint density at radius 2 is 1.92 bits per heavy atom. The van der Waals surface area contributed by atoms with Crippen LogP contribution in [0.15, 0.2) is 12.2 Å². The van der Waals surface area contributed by atoms with E-state index >= 15 is 0 Å². The molecule has 68 valence electrons. The van der Waals surface area contributed by atoms with E-state index in [-0.39, 0.29) is 6.10 Å². The Morgan fingerprint density at radius 1 is 1.25 bits per heavy atom. The summed E-state index contributed by atoms with van der Waals surface area (Å²) in [5.41, 5.74) is 0.344. The minimum atomic E-state index is -0.0655. The molecule has 0 spiro atoms. The first-order chi connectivity index (χ1) is 5.50. The predicted molar refractivity (Wildman–Crippen MR) is 49.7 cm³/mol. The third-order valence-corrected chi connectivity index (χ3v) is 3.41. The van der Waals surface area contributed by atoms with Crippen molar-refractivity contribution in [2.75, 3.05) is 0 Å². The standard InChI is InChI=1S/C11H18O/c1-11(2,3)10-7-4-5-8(10)9(12)6-7/h4-5,7-10,12H,6H2,1-3H3. The average molecular weight is 166 g/mol. The monoisotopic (exact) mass is 166 g/mol. The lowest BCUT2D eigenvalue weighted by molar-refractivity contribution is 0.114. The highest BCUT2D eigenvalue weighted by Crippen LogP contribution is 2.52. The van der Waals surface area contributed by atoms with E-state index in [9.17, 15) is 5.11 Å². The Hall–Kier alpha value is -0.300. The largest absolute Gasteiger partial charge is 0.392 e. The van der Waals surface area contributed by atoms with Crippen molar-refractivity contribution >= 4 is 0 Å². The Kier molecular flexibility index (Phi) is 1.63. The molecule has 1 heteroatoms. The molecule has 0 aliphatic heterocycles. The second kappa shape index (κ2) is 2.35. The highest BCUT2D eigenvalue weighted by molar-refractivity contribution is 5.17. The van der Waals surface area contributed by atoms with Gasteiger partial charge in [0.15, 0.2) is 0 Å². The van der Waals surface area contributed by atoms with Crippen LogP contribution in [0.3, 0.4) is 0 Å². The van der Waals surface area contributed by atoms with Crippen LogP contribution in [0.1, 0.15) is 27.2 Å². The Labute approximate surface area is 74.5 Å². The first-order valence-corrected chi connectivity index (χ1v) is 4.86. The van der Waals surface area contributed by atoms with Crippen LogP contribution in [0, 0.1) is 23.2 Å². The van der Waals surface area contributed by atoms with E-state index in [0.717, 1.165) is 6.42 Å². The van der Waals surface area contributed by atoms with E-state index in [0.29, 0.717) is 23.2 Å². The van der Waals surface area contributed by atoms with Gasteiger partial charge in [0, 0.05) is 5.92 Å². The van der Waals surface area contributed by atoms with E-state index in [1.165, 1.54) is 0 Å². The smallest absolute Gasteiger partial charge is 0.0611 e. The van der Waals surface area contributed by atoms with Gasteiger partial charge in [-0.25, -0.2) is 0 Å². The molecule has 0 aromatic rings. The van der Waals surface area contributed by atoms with Gasteiger partial charge in [-0.15, -0.1) is 0 Å². The lowest BCUT2D eigenvalue weighted by atomic mass is 9.74. The van der Waals surface area contributed by atoms with Gasteiger partial charge in [-0.3, -0.25) is 0 Å². The fourth-order valence-electron chi connectivity index (χ4n) is 3.04. The first-order valence-electron chi connectivity index (χ1n) is 4.86. The molecule has 2 aliphatic rings. The molecule has 1 fully saturated rings. The second-order valence-corrected chi connectivity index (χ2v) is 5.32. The molecule has 4 atom stereocenters. The van der Waals surface area contributed by atoms with Crippen molar-refractivity contribution in [1.29, 1.82) is 0 Å². The van der Waals surface area contributed by atoms with Crippen LogP contribution in [-0.4, -0.2) is 11.2 Å². The number of fused-ring (bicyclic) bond motifs is 2. The summed E-state index contributed by atoms with van der Waals surface area (Å²) in [5.74, 6) is 1.76. The van der Waals surface area contributed by atoms with Crippen molar-refractivity contribution in [1.82, 2.24) is 0 Å². The van der Waals surface area contributed by atoms with Crippen LogP contribution >= 0.6 is 0 Å². The third kappa shape index (κ3) is 1.03. The van der Waals surface area contributed by atoms with Gasteiger partial charge in [0.05, 0.1) is 6.10 Å². The lowest BCUT2D eigenvalue weighted by Gasteiger charge is -2.31. The predicted octanol–water partition coefficient (Wildman–Crippen LogP) is 2.22. The summed E-state index contributed by atoms with van der Waals surface area (Å²) in [6, 6.07) is 0. The van der Waals surface area contributed by atoms with Crippen molar-refractivity contribution in [2.24, 2.45) is 23.2 Å². The number of hydrogen-bond acceptors (Lipinski definition) is 1. The van der Waals surface area contributed by atoms with Gasteiger partial charge >= 0.3 is 0 Å². The highest BCUT2D eigenvalue weighted by atomic mass is 16.3. The van der Waals surface area contributed by atoms with Gasteiger partial charge in [-0.2, -0.15) is 0 Å². The molecule has 1 nitrogen and oxygen atoms in total. The van der Waals surface area contributed by atoms with Crippen molar-refractivity contribution in [3.05, 3.63) is 12.2 Å². The quantitative estimate of drug-likeness (QED) is 0.547. The molecular formula is C11H18O. The van der Waals surface area contributed by atoms with Gasteiger partial charge in [0.1, 0.15) is 0 Å². The lowest BCUT2D eigenvalue weighted by Crippen LogP contribution is -2.27. The molecule has 2 bridgehead atoms. The molecule has 0 amide bonds. The van der Waals surface area contributed by atoms with Crippen LogP contribution in [0.25, 0.3) is 0 Å². The van der Waals surface area contributed by atoms with Crippen molar-refractivity contribution in [3.8, 4) is 0 Å². The molecule has 0 aromatic heterocycles. The Morgan fingerprint density at radius 3 is 2.17 bits per heavy atom. The molecular weight excluding hydrogens is 148 g/mol. The SMILES string of the molecule is CC(C)(C)C1C2C=CC1C(O)C2. The summed E-state index contributed by atoms with van der Waals surface area (Å²) in [6.45, 7) is 6.84. The summed E-state index contributed by atoms with van der Waals surface area (Å²) in [7, 11) is 0. The number of aliphatic hydroxyl groups is 1. The van der Waals surface area contributed by atoms with E-state index < -0.39 is 0 Å². The van der Waals surface area contributed by atoms with Gasteiger partial charge < -0.3 is 5.11 Å². The molecule has 0 aromatic carbocycles. The summed E-state index contributed by atoms with van der Waals surface area (Å²) in [5, 5.41) is 9.70. The molecule has 2 rings (SSSR count). The van der Waals surface area contributed by atoms with Crippen molar-refractivity contribution in [2.45, 2.75) is 33.3 Å². The summed E-state index contributed by atoms with van der Waals surface area (Å²) >= 11 is 0. The maximum absolute atomic E-state index is 9.70. The van der Waals surface area contributed by atoms with Gasteiger partial charge in [-0.1, -0.05) is 32.9 Å². The molecule has 12 heavy (non-hydrogen) atoms. The molecule has 0 saturated heterocycles. The van der Waals surface area contributed by atoms with Crippen LogP contribution in [0.4, 0.5) is 0 Å². The fourth-order valence-corrected chi connectivity index (χ4v) is 3.04. The Bertz CT molecular complexity index is 212. The van der Waals surface area contributed by atoms with Crippen LogP contribution < -0.4 is 0 Å². The summed E-state index contributed by atoms with van der Waals surface area (Å²) in [4.78, 5) is 0. The molecule has 0 radical (unpaired) electrons. The van der Waals surface area contributed by atoms with Crippen LogP contribution in [-0.2, 0) is 0 Å². The first kappa shape index (κ1) is 8.31. The fraction of sp³-hybridized carbons (Fsp3) is 0.818. The van der Waals surface area contributed by atoms with Gasteiger partial charge in [0.25, 0.3) is 0 Å². The van der Waals surface area contributed by atoms with Crippen molar-refractivity contribution < 1.29 is 5.11 Å². The Balaban J connectivity index is 2.23. The molecule has 2 aliphatic carbocycles. The zero-order valence-electron chi connectivity index (χ0n) is 8.12. The second-order valence-electron chi connectivity index (χ2n) is 5.32. The number of rotatable bonds is 0. The van der Waals surface area contributed by atoms with E-state index in [2.05, 4.69) is 32.9 Å². The molecule has 1 N–H and O–H groups in total. The minimum absolute atomic E-state index is 0.0655. The third-order valence-electron chi connectivity index (χ3n) is 3.41. The maximum atomic E-state index is 9.70. The van der Waals surface area contributed by atoms with Gasteiger partial charge in [0.2, 0.25) is 0 Å². The zero-order valence-corrected chi connectivity index (χ0v) is 8.12. The zero-order chi connectivity index (χ0) is 8.93. The minimum Gasteiger partial charge on any atom is -0.392 e. The molecule has 4 unspecified atom stereocenters. The summed E-state index contributed by atoms with van der Waals surface area (Å²) < 4.78 is 0. The number of allylic oxidation sites excluding steroid dienone is 1. The maximum Gasteiger partial charge on any atom is 0.0611 e.